The van der Waals surface area contributed by atoms with Crippen LogP contribution in [0.25, 0.3) is 0 Å². The Morgan fingerprint density at radius 2 is 1.63 bits per heavy atom. The van der Waals surface area contributed by atoms with Crippen LogP contribution in [0.2, 0.25) is 0 Å². The maximum absolute atomic E-state index is 12.2. The van der Waals surface area contributed by atoms with Gasteiger partial charge in [0, 0.05) is 43.9 Å². The maximum atomic E-state index is 12.2. The Morgan fingerprint density at radius 3 is 2.22 bits per heavy atom. The van der Waals surface area contributed by atoms with Gasteiger partial charge in [0.25, 0.3) is 0 Å². The smallest absolute Gasteiger partial charge is 0.226 e. The lowest BCUT2D eigenvalue weighted by molar-refractivity contribution is -0.117. The average molecular weight is 367 g/mol. The molecule has 0 radical (unpaired) electrons. The fourth-order valence-electron chi connectivity index (χ4n) is 2.68. The van der Waals surface area contributed by atoms with Crippen LogP contribution in [0.4, 0.5) is 17.1 Å². The maximum Gasteiger partial charge on any atom is 0.226 e. The van der Waals surface area contributed by atoms with E-state index >= 15 is 0 Å². The predicted octanol–water partition coefficient (Wildman–Crippen LogP) is 3.59. The first kappa shape index (κ1) is 20.2. The molecule has 27 heavy (non-hydrogen) atoms. The van der Waals surface area contributed by atoms with Crippen molar-refractivity contribution in [3.8, 4) is 0 Å². The number of nitrogens with one attached hydrogen (secondary N) is 2. The summed E-state index contributed by atoms with van der Waals surface area (Å²) >= 11 is 0. The van der Waals surface area contributed by atoms with E-state index in [4.69, 9.17) is 0 Å². The summed E-state index contributed by atoms with van der Waals surface area (Å²) in [5.74, 6) is -0.520. The quantitative estimate of drug-likeness (QED) is 0.785. The number of benzene rings is 2. The minimum atomic E-state index is -0.185. The predicted molar refractivity (Wildman–Crippen MR) is 108 cm³/mol. The van der Waals surface area contributed by atoms with Crippen LogP contribution in [-0.4, -0.2) is 24.3 Å². The molecular weight excluding hydrogens is 342 g/mol. The zero-order valence-electron chi connectivity index (χ0n) is 15.9. The lowest BCUT2D eigenvalue weighted by Crippen LogP contribution is -2.32. The third-order valence-corrected chi connectivity index (χ3v) is 4.07. The van der Waals surface area contributed by atoms with Gasteiger partial charge in [0.1, 0.15) is 0 Å². The molecule has 0 aliphatic heterocycles. The van der Waals surface area contributed by atoms with Crippen LogP contribution in [-0.2, 0) is 20.8 Å². The molecule has 6 heteroatoms. The second-order valence-corrected chi connectivity index (χ2v) is 6.25. The van der Waals surface area contributed by atoms with Crippen LogP contribution in [0.1, 0.15) is 32.8 Å². The average Bonchev–Trinajstić information content (AvgIpc) is 2.62. The molecule has 2 rings (SSSR count). The lowest BCUT2D eigenvalue weighted by atomic mass is 10.1. The fraction of sp³-hybridized carbons (Fsp3) is 0.286. The zero-order valence-corrected chi connectivity index (χ0v) is 15.9. The highest BCUT2D eigenvalue weighted by Gasteiger charge is 2.14. The van der Waals surface area contributed by atoms with E-state index in [2.05, 4.69) is 17.6 Å². The van der Waals surface area contributed by atoms with Gasteiger partial charge in [0.05, 0.1) is 0 Å². The summed E-state index contributed by atoms with van der Waals surface area (Å²) in [6.45, 7) is 5.20. The molecule has 2 aromatic carbocycles. The summed E-state index contributed by atoms with van der Waals surface area (Å²) in [5, 5.41) is 5.53. The van der Waals surface area contributed by atoms with E-state index in [1.807, 2.05) is 24.3 Å². The highest BCUT2D eigenvalue weighted by molar-refractivity contribution is 5.96. The van der Waals surface area contributed by atoms with Gasteiger partial charge in [-0.1, -0.05) is 25.1 Å². The Morgan fingerprint density at radius 1 is 0.926 bits per heavy atom. The van der Waals surface area contributed by atoms with Gasteiger partial charge in [0.15, 0.2) is 0 Å². The SMILES string of the molecule is CCc1ccc(NC(=O)CCN(C(C)=O)c2cccc(NC(C)=O)c2)cc1. The van der Waals surface area contributed by atoms with E-state index in [-0.39, 0.29) is 30.7 Å². The molecule has 0 spiro atoms. The van der Waals surface area contributed by atoms with Crippen molar-refractivity contribution in [1.82, 2.24) is 0 Å². The highest BCUT2D eigenvalue weighted by Crippen LogP contribution is 2.20. The third kappa shape index (κ3) is 6.26. The standard InChI is InChI=1S/C21H25N3O3/c1-4-17-8-10-18(11-9-17)23-21(27)12-13-24(16(3)26)20-7-5-6-19(14-20)22-15(2)25/h5-11,14H,4,12-13H2,1-3H3,(H,22,25)(H,23,27). The molecule has 2 aromatic rings. The molecule has 0 unspecified atom stereocenters. The van der Waals surface area contributed by atoms with Crippen LogP contribution in [0.15, 0.2) is 48.5 Å². The topological polar surface area (TPSA) is 78.5 Å². The molecule has 0 aromatic heterocycles. The number of amides is 3. The molecule has 0 aliphatic rings. The van der Waals surface area contributed by atoms with Gasteiger partial charge in [-0.15, -0.1) is 0 Å². The first-order valence-corrected chi connectivity index (χ1v) is 8.93. The van der Waals surface area contributed by atoms with Gasteiger partial charge >= 0.3 is 0 Å². The van der Waals surface area contributed by atoms with Gasteiger partial charge in [0.2, 0.25) is 17.7 Å². The van der Waals surface area contributed by atoms with E-state index in [9.17, 15) is 14.4 Å². The number of aryl methyl sites for hydroxylation is 1. The second-order valence-electron chi connectivity index (χ2n) is 6.25. The van der Waals surface area contributed by atoms with Gasteiger partial charge < -0.3 is 15.5 Å². The third-order valence-electron chi connectivity index (χ3n) is 4.07. The molecule has 3 amide bonds. The molecule has 0 saturated heterocycles. The Balaban J connectivity index is 2.00. The van der Waals surface area contributed by atoms with Crippen molar-refractivity contribution in [2.24, 2.45) is 0 Å². The number of carbonyl (C=O) groups is 3. The number of hydrogen-bond acceptors (Lipinski definition) is 3. The van der Waals surface area contributed by atoms with Crippen LogP contribution < -0.4 is 15.5 Å². The molecule has 0 bridgehead atoms. The summed E-state index contributed by atoms with van der Waals surface area (Å²) in [5.41, 5.74) is 3.18. The number of nitrogens with zero attached hydrogens (tertiary/aromatic N) is 1. The van der Waals surface area contributed by atoms with Crippen molar-refractivity contribution in [3.05, 3.63) is 54.1 Å². The molecule has 6 nitrogen and oxygen atoms in total. The largest absolute Gasteiger partial charge is 0.326 e. The van der Waals surface area contributed by atoms with Gasteiger partial charge in [-0.05, 0) is 42.3 Å². The molecule has 0 saturated carbocycles. The van der Waals surface area contributed by atoms with Crippen LogP contribution >= 0.6 is 0 Å². The van der Waals surface area contributed by atoms with E-state index in [0.717, 1.165) is 12.1 Å². The van der Waals surface area contributed by atoms with Crippen molar-refractivity contribution in [3.63, 3.8) is 0 Å². The number of anilines is 3. The van der Waals surface area contributed by atoms with Crippen molar-refractivity contribution in [2.45, 2.75) is 33.6 Å². The molecule has 0 aliphatic carbocycles. The molecule has 0 heterocycles. The Kier molecular flexibility index (Phi) is 7.11. The van der Waals surface area contributed by atoms with E-state index in [0.29, 0.717) is 11.4 Å². The Bertz CT molecular complexity index is 816. The minimum Gasteiger partial charge on any atom is -0.326 e. The molecule has 0 fully saturated rings. The van der Waals surface area contributed by atoms with E-state index in [1.165, 1.54) is 24.3 Å². The van der Waals surface area contributed by atoms with Crippen LogP contribution in [0.5, 0.6) is 0 Å². The monoisotopic (exact) mass is 367 g/mol. The van der Waals surface area contributed by atoms with Crippen molar-refractivity contribution in [1.29, 1.82) is 0 Å². The number of carbonyl (C=O) groups excluding carboxylic acids is 3. The van der Waals surface area contributed by atoms with Gasteiger partial charge in [-0.25, -0.2) is 0 Å². The molecule has 0 atom stereocenters. The first-order valence-electron chi connectivity index (χ1n) is 8.93. The molecular formula is C21H25N3O3. The van der Waals surface area contributed by atoms with Gasteiger partial charge in [-0.2, -0.15) is 0 Å². The number of hydrogen-bond donors (Lipinski definition) is 2. The highest BCUT2D eigenvalue weighted by atomic mass is 16.2. The first-order chi connectivity index (χ1) is 12.9. The lowest BCUT2D eigenvalue weighted by Gasteiger charge is -2.21. The van der Waals surface area contributed by atoms with E-state index < -0.39 is 0 Å². The normalized spacial score (nSPS) is 10.2. The van der Waals surface area contributed by atoms with Crippen molar-refractivity contribution < 1.29 is 14.4 Å². The van der Waals surface area contributed by atoms with Crippen molar-refractivity contribution >= 4 is 34.8 Å². The van der Waals surface area contributed by atoms with Crippen LogP contribution in [0, 0.1) is 0 Å². The summed E-state index contributed by atoms with van der Waals surface area (Å²) < 4.78 is 0. The Labute approximate surface area is 159 Å². The molecule has 2 N–H and O–H groups in total. The van der Waals surface area contributed by atoms with E-state index in [1.54, 1.807) is 24.3 Å². The summed E-state index contributed by atoms with van der Waals surface area (Å²) in [6.07, 6.45) is 1.11. The minimum absolute atomic E-state index is 0.163. The molecule has 142 valence electrons. The zero-order chi connectivity index (χ0) is 19.8. The number of rotatable bonds is 7. The van der Waals surface area contributed by atoms with Crippen LogP contribution in [0.3, 0.4) is 0 Å². The van der Waals surface area contributed by atoms with Gasteiger partial charge in [-0.3, -0.25) is 14.4 Å². The van der Waals surface area contributed by atoms with Crippen molar-refractivity contribution in [2.75, 3.05) is 22.1 Å². The fourth-order valence-corrected chi connectivity index (χ4v) is 2.68. The Hall–Kier alpha value is -3.15. The summed E-state index contributed by atoms with van der Waals surface area (Å²) in [7, 11) is 0. The summed E-state index contributed by atoms with van der Waals surface area (Å²) in [6, 6.07) is 14.7. The second kappa shape index (κ2) is 9.52. The summed E-state index contributed by atoms with van der Waals surface area (Å²) in [4.78, 5) is 37.0.